The number of aryl methyl sites for hydroxylation is 2. The molecule has 1 unspecified atom stereocenters. The fourth-order valence-electron chi connectivity index (χ4n) is 3.09. The summed E-state index contributed by atoms with van der Waals surface area (Å²) in [6.07, 6.45) is 2.24. The first kappa shape index (κ1) is 12.8. The number of benzene rings is 1. The van der Waals surface area contributed by atoms with Crippen molar-refractivity contribution < 1.29 is 0 Å². The van der Waals surface area contributed by atoms with Crippen molar-refractivity contribution in [3.63, 3.8) is 0 Å². The molecule has 0 saturated heterocycles. The molecule has 0 saturated carbocycles. The Labute approximate surface area is 118 Å². The SMILES string of the molecule is Cc1csc(C2(NC(C)C)CCc3ccccc32)n1. The van der Waals surface area contributed by atoms with Crippen molar-refractivity contribution in [2.45, 2.75) is 45.2 Å². The van der Waals surface area contributed by atoms with E-state index in [4.69, 9.17) is 4.98 Å². The quantitative estimate of drug-likeness (QED) is 0.922. The third-order valence-corrected chi connectivity index (χ3v) is 4.89. The van der Waals surface area contributed by atoms with Crippen LogP contribution >= 0.6 is 11.3 Å². The van der Waals surface area contributed by atoms with Crippen LogP contribution in [0, 0.1) is 6.92 Å². The summed E-state index contributed by atoms with van der Waals surface area (Å²) in [5.74, 6) is 0. The lowest BCUT2D eigenvalue weighted by Gasteiger charge is -2.32. The summed E-state index contributed by atoms with van der Waals surface area (Å²) in [6.45, 7) is 6.50. The normalized spacial score (nSPS) is 21.9. The second-order valence-corrected chi connectivity index (χ2v) is 6.51. The molecule has 3 rings (SSSR count). The second kappa shape index (κ2) is 4.73. The van der Waals surface area contributed by atoms with Crippen LogP contribution in [0.25, 0.3) is 0 Å². The van der Waals surface area contributed by atoms with Crippen LogP contribution in [0.3, 0.4) is 0 Å². The van der Waals surface area contributed by atoms with Crippen molar-refractivity contribution in [3.05, 3.63) is 51.5 Å². The van der Waals surface area contributed by atoms with Gasteiger partial charge in [0.2, 0.25) is 0 Å². The van der Waals surface area contributed by atoms with E-state index in [-0.39, 0.29) is 5.54 Å². The summed E-state index contributed by atoms with van der Waals surface area (Å²) in [6, 6.07) is 9.22. The van der Waals surface area contributed by atoms with E-state index in [0.29, 0.717) is 6.04 Å². The van der Waals surface area contributed by atoms with Crippen LogP contribution in [0.15, 0.2) is 29.6 Å². The maximum atomic E-state index is 4.77. The Bertz CT molecular complexity index is 588. The van der Waals surface area contributed by atoms with Gasteiger partial charge in [0.05, 0.1) is 5.54 Å². The number of hydrogen-bond donors (Lipinski definition) is 1. The van der Waals surface area contributed by atoms with Crippen LogP contribution in [-0.4, -0.2) is 11.0 Å². The average molecular weight is 272 g/mol. The minimum Gasteiger partial charge on any atom is -0.299 e. The van der Waals surface area contributed by atoms with E-state index in [9.17, 15) is 0 Å². The number of aromatic nitrogens is 1. The van der Waals surface area contributed by atoms with Gasteiger partial charge >= 0.3 is 0 Å². The fraction of sp³-hybridized carbons (Fsp3) is 0.438. The molecule has 0 aliphatic heterocycles. The third-order valence-electron chi connectivity index (χ3n) is 3.77. The summed E-state index contributed by atoms with van der Waals surface area (Å²) < 4.78 is 0. The summed E-state index contributed by atoms with van der Waals surface area (Å²) >= 11 is 1.78. The lowest BCUT2D eigenvalue weighted by atomic mass is 9.91. The molecule has 0 fully saturated rings. The molecular formula is C16H20N2S. The van der Waals surface area contributed by atoms with Crippen molar-refractivity contribution in [1.82, 2.24) is 10.3 Å². The molecule has 3 heteroatoms. The van der Waals surface area contributed by atoms with Crippen LogP contribution in [0.2, 0.25) is 0 Å². The first-order chi connectivity index (χ1) is 9.12. The maximum absolute atomic E-state index is 4.77. The Morgan fingerprint density at radius 1 is 1.32 bits per heavy atom. The minimum atomic E-state index is -0.0797. The molecule has 1 atom stereocenters. The monoisotopic (exact) mass is 272 g/mol. The van der Waals surface area contributed by atoms with E-state index >= 15 is 0 Å². The summed E-state index contributed by atoms with van der Waals surface area (Å²) in [5, 5.41) is 7.15. The Morgan fingerprint density at radius 2 is 2.11 bits per heavy atom. The average Bonchev–Trinajstić information content (AvgIpc) is 2.95. The van der Waals surface area contributed by atoms with Crippen molar-refractivity contribution in [3.8, 4) is 0 Å². The molecule has 1 aromatic heterocycles. The van der Waals surface area contributed by atoms with Crippen LogP contribution < -0.4 is 5.32 Å². The number of fused-ring (bicyclic) bond motifs is 1. The van der Waals surface area contributed by atoms with Gasteiger partial charge in [-0.1, -0.05) is 24.3 Å². The molecular weight excluding hydrogens is 252 g/mol. The van der Waals surface area contributed by atoms with Crippen molar-refractivity contribution in [1.29, 1.82) is 0 Å². The van der Waals surface area contributed by atoms with E-state index < -0.39 is 0 Å². The summed E-state index contributed by atoms with van der Waals surface area (Å²) in [5.41, 5.74) is 3.92. The van der Waals surface area contributed by atoms with Gasteiger partial charge in [-0.3, -0.25) is 5.32 Å². The van der Waals surface area contributed by atoms with Crippen LogP contribution in [-0.2, 0) is 12.0 Å². The van der Waals surface area contributed by atoms with Crippen LogP contribution in [0.5, 0.6) is 0 Å². The lowest BCUT2D eigenvalue weighted by molar-refractivity contribution is 0.361. The third kappa shape index (κ3) is 2.11. The number of thiazole rings is 1. The van der Waals surface area contributed by atoms with Crippen LogP contribution in [0.1, 0.15) is 42.1 Å². The molecule has 19 heavy (non-hydrogen) atoms. The number of nitrogens with zero attached hydrogens (tertiary/aromatic N) is 1. The molecule has 0 amide bonds. The number of hydrogen-bond acceptors (Lipinski definition) is 3. The Kier molecular flexibility index (Phi) is 3.19. The first-order valence-corrected chi connectivity index (χ1v) is 7.78. The zero-order chi connectivity index (χ0) is 13.5. The van der Waals surface area contributed by atoms with Gasteiger partial charge < -0.3 is 0 Å². The van der Waals surface area contributed by atoms with Gasteiger partial charge in [0.25, 0.3) is 0 Å². The molecule has 0 bridgehead atoms. The maximum Gasteiger partial charge on any atom is 0.118 e. The van der Waals surface area contributed by atoms with Crippen LogP contribution in [0.4, 0.5) is 0 Å². The smallest absolute Gasteiger partial charge is 0.118 e. The number of rotatable bonds is 3. The molecule has 2 nitrogen and oxygen atoms in total. The molecule has 100 valence electrons. The number of nitrogens with one attached hydrogen (secondary N) is 1. The Morgan fingerprint density at radius 3 is 2.79 bits per heavy atom. The fourth-order valence-corrected chi connectivity index (χ4v) is 4.09. The standard InChI is InChI=1S/C16H20N2S/c1-11(2)18-16(15-17-12(3)10-19-15)9-8-13-6-4-5-7-14(13)16/h4-7,10-11,18H,8-9H2,1-3H3. The molecule has 1 N–H and O–H groups in total. The van der Waals surface area contributed by atoms with Gasteiger partial charge in [0.1, 0.15) is 5.01 Å². The van der Waals surface area contributed by atoms with Gasteiger partial charge in [0.15, 0.2) is 0 Å². The predicted octanol–water partition coefficient (Wildman–Crippen LogP) is 3.64. The molecule has 1 aromatic carbocycles. The summed E-state index contributed by atoms with van der Waals surface area (Å²) in [7, 11) is 0. The Balaban J connectivity index is 2.14. The molecule has 1 heterocycles. The molecule has 1 aliphatic rings. The molecule has 0 radical (unpaired) electrons. The topological polar surface area (TPSA) is 24.9 Å². The van der Waals surface area contributed by atoms with E-state index in [1.165, 1.54) is 16.1 Å². The molecule has 1 aliphatic carbocycles. The largest absolute Gasteiger partial charge is 0.299 e. The van der Waals surface area contributed by atoms with E-state index in [2.05, 4.69) is 55.7 Å². The van der Waals surface area contributed by atoms with Crippen molar-refractivity contribution >= 4 is 11.3 Å². The van der Waals surface area contributed by atoms with Gasteiger partial charge in [-0.15, -0.1) is 11.3 Å². The van der Waals surface area contributed by atoms with Gasteiger partial charge in [-0.2, -0.15) is 0 Å². The van der Waals surface area contributed by atoms with E-state index in [0.717, 1.165) is 18.5 Å². The Hall–Kier alpha value is -1.19. The molecule has 2 aromatic rings. The predicted molar refractivity (Wildman–Crippen MR) is 80.7 cm³/mol. The second-order valence-electron chi connectivity index (χ2n) is 5.66. The highest BCUT2D eigenvalue weighted by atomic mass is 32.1. The summed E-state index contributed by atoms with van der Waals surface area (Å²) in [4.78, 5) is 4.77. The van der Waals surface area contributed by atoms with Crippen molar-refractivity contribution in [2.24, 2.45) is 0 Å². The minimum absolute atomic E-state index is 0.0797. The van der Waals surface area contributed by atoms with Crippen molar-refractivity contribution in [2.75, 3.05) is 0 Å². The highest BCUT2D eigenvalue weighted by Gasteiger charge is 2.42. The van der Waals surface area contributed by atoms with E-state index in [1.807, 2.05) is 0 Å². The van der Waals surface area contributed by atoms with E-state index in [1.54, 1.807) is 11.3 Å². The highest BCUT2D eigenvalue weighted by Crippen LogP contribution is 2.43. The lowest BCUT2D eigenvalue weighted by Crippen LogP contribution is -2.45. The van der Waals surface area contributed by atoms with Gasteiger partial charge in [-0.25, -0.2) is 4.98 Å². The zero-order valence-electron chi connectivity index (χ0n) is 11.7. The van der Waals surface area contributed by atoms with Gasteiger partial charge in [0, 0.05) is 17.1 Å². The molecule has 0 spiro atoms. The van der Waals surface area contributed by atoms with Gasteiger partial charge in [-0.05, 0) is 44.7 Å². The highest BCUT2D eigenvalue weighted by molar-refractivity contribution is 7.09. The zero-order valence-corrected chi connectivity index (χ0v) is 12.6. The first-order valence-electron chi connectivity index (χ1n) is 6.90.